The maximum atomic E-state index is 3.27. The molecule has 0 saturated heterocycles. The molecule has 0 atom stereocenters. The van der Waals surface area contributed by atoms with E-state index in [1.165, 1.54) is 27.7 Å². The van der Waals surface area contributed by atoms with Crippen LogP contribution in [0, 0.1) is 3.57 Å². The van der Waals surface area contributed by atoms with E-state index in [2.05, 4.69) is 53.0 Å². The van der Waals surface area contributed by atoms with Crippen molar-refractivity contribution in [3.8, 4) is 0 Å². The lowest BCUT2D eigenvalue weighted by molar-refractivity contribution is 0.789. The van der Waals surface area contributed by atoms with Crippen molar-refractivity contribution in [1.82, 2.24) is 0 Å². The lowest BCUT2D eigenvalue weighted by atomic mass is 9.96. The van der Waals surface area contributed by atoms with Gasteiger partial charge < -0.3 is 5.32 Å². The SMILES string of the molecule is CNc1ccc(I)cc1C1(C)CC1. The predicted molar refractivity (Wildman–Crippen MR) is 65.3 cm³/mol. The van der Waals surface area contributed by atoms with Crippen LogP contribution in [0.15, 0.2) is 18.2 Å². The van der Waals surface area contributed by atoms with Crippen molar-refractivity contribution in [1.29, 1.82) is 0 Å². The summed E-state index contributed by atoms with van der Waals surface area (Å²) in [5.74, 6) is 0. The zero-order valence-electron chi connectivity index (χ0n) is 8.02. The fourth-order valence-corrected chi connectivity index (χ4v) is 2.18. The van der Waals surface area contributed by atoms with Crippen LogP contribution >= 0.6 is 22.6 Å². The fourth-order valence-electron chi connectivity index (χ4n) is 1.69. The van der Waals surface area contributed by atoms with Gasteiger partial charge in [0.1, 0.15) is 0 Å². The van der Waals surface area contributed by atoms with Crippen LogP contribution < -0.4 is 5.32 Å². The summed E-state index contributed by atoms with van der Waals surface area (Å²) in [5, 5.41) is 3.27. The van der Waals surface area contributed by atoms with Gasteiger partial charge in [0.2, 0.25) is 0 Å². The zero-order chi connectivity index (χ0) is 9.47. The maximum Gasteiger partial charge on any atom is 0.0376 e. The third-order valence-corrected chi connectivity index (χ3v) is 3.57. The highest BCUT2D eigenvalue weighted by Crippen LogP contribution is 2.50. The van der Waals surface area contributed by atoms with Crippen molar-refractivity contribution in [3.05, 3.63) is 27.3 Å². The van der Waals surface area contributed by atoms with Crippen LogP contribution in [-0.2, 0) is 5.41 Å². The van der Waals surface area contributed by atoms with Crippen LogP contribution in [0.3, 0.4) is 0 Å². The normalized spacial score (nSPS) is 18.4. The molecule has 1 fully saturated rings. The molecule has 0 aromatic heterocycles. The molecule has 1 aromatic carbocycles. The van der Waals surface area contributed by atoms with Crippen LogP contribution in [0.1, 0.15) is 25.3 Å². The number of hydrogen-bond donors (Lipinski definition) is 1. The number of anilines is 1. The highest BCUT2D eigenvalue weighted by molar-refractivity contribution is 14.1. The average Bonchev–Trinajstić information content (AvgIpc) is 2.85. The van der Waals surface area contributed by atoms with Gasteiger partial charge in [0.05, 0.1) is 0 Å². The van der Waals surface area contributed by atoms with E-state index in [1.807, 2.05) is 7.05 Å². The number of rotatable bonds is 2. The Kier molecular flexibility index (Phi) is 2.26. The minimum Gasteiger partial charge on any atom is -0.388 e. The summed E-state index contributed by atoms with van der Waals surface area (Å²) in [4.78, 5) is 0. The molecule has 0 bridgehead atoms. The molecule has 1 N–H and O–H groups in total. The number of benzene rings is 1. The van der Waals surface area contributed by atoms with Gasteiger partial charge in [0.15, 0.2) is 0 Å². The lowest BCUT2D eigenvalue weighted by Gasteiger charge is -2.15. The summed E-state index contributed by atoms with van der Waals surface area (Å²) < 4.78 is 1.33. The molecule has 1 saturated carbocycles. The maximum absolute atomic E-state index is 3.27. The molecule has 0 radical (unpaired) electrons. The second-order valence-electron chi connectivity index (χ2n) is 4.00. The Hall–Kier alpha value is -0.250. The Morgan fingerprint density at radius 3 is 2.62 bits per heavy atom. The molecule has 0 unspecified atom stereocenters. The van der Waals surface area contributed by atoms with Crippen molar-refractivity contribution in [3.63, 3.8) is 0 Å². The van der Waals surface area contributed by atoms with Gasteiger partial charge in [-0.25, -0.2) is 0 Å². The number of hydrogen-bond acceptors (Lipinski definition) is 1. The number of halogens is 1. The monoisotopic (exact) mass is 287 g/mol. The number of nitrogens with one attached hydrogen (secondary N) is 1. The van der Waals surface area contributed by atoms with Gasteiger partial charge in [-0.05, 0) is 64.6 Å². The van der Waals surface area contributed by atoms with E-state index in [9.17, 15) is 0 Å². The van der Waals surface area contributed by atoms with Crippen molar-refractivity contribution < 1.29 is 0 Å². The molecule has 0 amide bonds. The Bertz CT molecular complexity index is 329. The van der Waals surface area contributed by atoms with E-state index in [1.54, 1.807) is 0 Å². The van der Waals surface area contributed by atoms with E-state index in [4.69, 9.17) is 0 Å². The van der Waals surface area contributed by atoms with Crippen LogP contribution in [0.2, 0.25) is 0 Å². The minimum absolute atomic E-state index is 0.458. The van der Waals surface area contributed by atoms with E-state index in [0.29, 0.717) is 5.41 Å². The first kappa shape index (κ1) is 9.31. The Labute approximate surface area is 93.1 Å². The zero-order valence-corrected chi connectivity index (χ0v) is 10.2. The molecule has 1 nitrogen and oxygen atoms in total. The van der Waals surface area contributed by atoms with E-state index in [-0.39, 0.29) is 0 Å². The van der Waals surface area contributed by atoms with E-state index in [0.717, 1.165) is 0 Å². The van der Waals surface area contributed by atoms with Gasteiger partial charge in [0.25, 0.3) is 0 Å². The average molecular weight is 287 g/mol. The molecular formula is C11H14IN. The molecule has 13 heavy (non-hydrogen) atoms. The molecule has 2 rings (SSSR count). The first-order chi connectivity index (χ1) is 6.15. The second-order valence-corrected chi connectivity index (χ2v) is 5.25. The molecule has 0 heterocycles. The highest BCUT2D eigenvalue weighted by Gasteiger charge is 2.40. The summed E-state index contributed by atoms with van der Waals surface area (Å²) in [5.41, 5.74) is 3.24. The molecule has 1 aliphatic rings. The van der Waals surface area contributed by atoms with Crippen molar-refractivity contribution >= 4 is 28.3 Å². The largest absolute Gasteiger partial charge is 0.388 e. The molecule has 0 spiro atoms. The second kappa shape index (κ2) is 3.15. The molecule has 2 heteroatoms. The van der Waals surface area contributed by atoms with Crippen molar-refractivity contribution in [2.24, 2.45) is 0 Å². The van der Waals surface area contributed by atoms with Crippen LogP contribution in [0.5, 0.6) is 0 Å². The third kappa shape index (κ3) is 1.68. The van der Waals surface area contributed by atoms with Crippen molar-refractivity contribution in [2.45, 2.75) is 25.2 Å². The molecule has 0 aliphatic heterocycles. The summed E-state index contributed by atoms with van der Waals surface area (Å²) in [6.45, 7) is 2.35. The van der Waals surface area contributed by atoms with E-state index < -0.39 is 0 Å². The van der Waals surface area contributed by atoms with E-state index >= 15 is 0 Å². The first-order valence-electron chi connectivity index (χ1n) is 4.63. The third-order valence-electron chi connectivity index (χ3n) is 2.90. The molecule has 70 valence electrons. The topological polar surface area (TPSA) is 12.0 Å². The predicted octanol–water partition coefficient (Wildman–Crippen LogP) is 3.38. The van der Waals surface area contributed by atoms with Gasteiger partial charge >= 0.3 is 0 Å². The summed E-state index contributed by atoms with van der Waals surface area (Å²) in [6.07, 6.45) is 2.67. The Balaban J connectivity index is 2.47. The summed E-state index contributed by atoms with van der Waals surface area (Å²) >= 11 is 2.38. The quantitative estimate of drug-likeness (QED) is 0.822. The Morgan fingerprint density at radius 1 is 1.38 bits per heavy atom. The standard InChI is InChI=1S/C11H14IN/c1-11(5-6-11)9-7-8(12)3-4-10(9)13-2/h3-4,7,13H,5-6H2,1-2H3. The molecule has 1 aromatic rings. The molecule has 1 aliphatic carbocycles. The van der Waals surface area contributed by atoms with Gasteiger partial charge in [-0.3, -0.25) is 0 Å². The highest BCUT2D eigenvalue weighted by atomic mass is 127. The van der Waals surface area contributed by atoms with Gasteiger partial charge in [-0.2, -0.15) is 0 Å². The van der Waals surface area contributed by atoms with Gasteiger partial charge in [-0.1, -0.05) is 6.92 Å². The Morgan fingerprint density at radius 2 is 2.08 bits per heavy atom. The fraction of sp³-hybridized carbons (Fsp3) is 0.455. The van der Waals surface area contributed by atoms with Crippen LogP contribution in [0.25, 0.3) is 0 Å². The molecular weight excluding hydrogens is 273 g/mol. The minimum atomic E-state index is 0.458. The van der Waals surface area contributed by atoms with Gasteiger partial charge in [-0.15, -0.1) is 0 Å². The van der Waals surface area contributed by atoms with Crippen molar-refractivity contribution in [2.75, 3.05) is 12.4 Å². The van der Waals surface area contributed by atoms with Gasteiger partial charge in [0, 0.05) is 16.3 Å². The first-order valence-corrected chi connectivity index (χ1v) is 5.71. The lowest BCUT2D eigenvalue weighted by Crippen LogP contribution is -2.05. The van der Waals surface area contributed by atoms with Crippen LogP contribution in [0.4, 0.5) is 5.69 Å². The summed E-state index contributed by atoms with van der Waals surface area (Å²) in [6, 6.07) is 6.64. The smallest absolute Gasteiger partial charge is 0.0376 e. The van der Waals surface area contributed by atoms with Crippen LogP contribution in [-0.4, -0.2) is 7.05 Å². The summed E-state index contributed by atoms with van der Waals surface area (Å²) in [7, 11) is 2.00.